The molecular weight excluding hydrogens is 254 g/mol. The van der Waals surface area contributed by atoms with E-state index in [1.807, 2.05) is 11.4 Å². The number of aromatic nitrogens is 2. The van der Waals surface area contributed by atoms with Crippen LogP contribution in [0.2, 0.25) is 0 Å². The van der Waals surface area contributed by atoms with Crippen molar-refractivity contribution in [1.82, 2.24) is 9.97 Å². The van der Waals surface area contributed by atoms with Crippen LogP contribution in [0.15, 0.2) is 23.2 Å². The van der Waals surface area contributed by atoms with Gasteiger partial charge in [-0.2, -0.15) is 5.26 Å². The molecule has 0 radical (unpaired) electrons. The topological polar surface area (TPSA) is 105 Å². The molecule has 0 atom stereocenters. The minimum Gasteiger partial charge on any atom is -0.363 e. The molecule has 0 saturated heterocycles. The van der Waals surface area contributed by atoms with E-state index in [9.17, 15) is 10.1 Å². The van der Waals surface area contributed by atoms with E-state index in [-0.39, 0.29) is 11.3 Å². The first-order valence-electron chi connectivity index (χ1n) is 4.86. The van der Waals surface area contributed by atoms with Gasteiger partial charge in [-0.1, -0.05) is 0 Å². The number of hydrogen-bond acceptors (Lipinski definition) is 7. The summed E-state index contributed by atoms with van der Waals surface area (Å²) in [6, 6.07) is 3.06. The van der Waals surface area contributed by atoms with Crippen molar-refractivity contribution >= 4 is 22.8 Å². The smallest absolute Gasteiger partial charge is 0.289 e. The lowest BCUT2D eigenvalue weighted by molar-refractivity contribution is -0.385. The van der Waals surface area contributed by atoms with Crippen molar-refractivity contribution in [2.75, 3.05) is 5.32 Å². The van der Waals surface area contributed by atoms with Gasteiger partial charge in [-0.25, -0.2) is 9.97 Å². The lowest BCUT2D eigenvalue weighted by atomic mass is 10.2. The molecule has 18 heavy (non-hydrogen) atoms. The van der Waals surface area contributed by atoms with Crippen LogP contribution in [0.5, 0.6) is 0 Å². The maximum Gasteiger partial charge on any atom is 0.289 e. The molecule has 0 amide bonds. The van der Waals surface area contributed by atoms with Gasteiger partial charge < -0.3 is 5.32 Å². The van der Waals surface area contributed by atoms with Gasteiger partial charge in [-0.15, -0.1) is 11.3 Å². The summed E-state index contributed by atoms with van der Waals surface area (Å²) in [4.78, 5) is 17.9. The number of rotatable bonds is 4. The van der Waals surface area contributed by atoms with Crippen LogP contribution in [0, 0.1) is 21.4 Å². The summed E-state index contributed by atoms with van der Waals surface area (Å²) in [7, 11) is 0. The van der Waals surface area contributed by atoms with Gasteiger partial charge in [0.1, 0.15) is 23.6 Å². The lowest BCUT2D eigenvalue weighted by Gasteiger charge is -2.04. The summed E-state index contributed by atoms with van der Waals surface area (Å²) in [6.07, 6.45) is 1.12. The highest BCUT2D eigenvalue weighted by Crippen LogP contribution is 2.18. The Balaban J connectivity index is 2.18. The SMILES string of the molecule is N#Cc1cc([N+](=O)[O-])cnc1NCc1cscn1. The van der Waals surface area contributed by atoms with Crippen molar-refractivity contribution in [2.24, 2.45) is 0 Å². The zero-order valence-corrected chi connectivity index (χ0v) is 9.85. The molecule has 2 aromatic rings. The van der Waals surface area contributed by atoms with Gasteiger partial charge in [-0.05, 0) is 0 Å². The van der Waals surface area contributed by atoms with Crippen LogP contribution in [-0.2, 0) is 6.54 Å². The summed E-state index contributed by atoms with van der Waals surface area (Å²) in [5.74, 6) is 0.316. The highest BCUT2D eigenvalue weighted by molar-refractivity contribution is 7.07. The summed E-state index contributed by atoms with van der Waals surface area (Å²) in [5.41, 5.74) is 2.46. The van der Waals surface area contributed by atoms with E-state index in [1.54, 1.807) is 5.51 Å². The van der Waals surface area contributed by atoms with Gasteiger partial charge in [0.2, 0.25) is 0 Å². The molecule has 90 valence electrons. The molecule has 2 heterocycles. The zero-order chi connectivity index (χ0) is 13.0. The Bertz CT molecular complexity index is 605. The highest BCUT2D eigenvalue weighted by Gasteiger charge is 2.11. The van der Waals surface area contributed by atoms with Crippen LogP contribution in [0.1, 0.15) is 11.3 Å². The monoisotopic (exact) mass is 261 g/mol. The first-order valence-corrected chi connectivity index (χ1v) is 5.80. The standard InChI is InChI=1S/C10H7N5O2S/c11-2-7-1-9(15(16)17)4-13-10(7)12-3-8-5-18-6-14-8/h1,4-6H,3H2,(H,12,13). The van der Waals surface area contributed by atoms with Gasteiger partial charge in [0.25, 0.3) is 5.69 Å². The van der Waals surface area contributed by atoms with Crippen LogP contribution >= 0.6 is 11.3 Å². The third-order valence-corrected chi connectivity index (χ3v) is 2.76. The molecule has 0 aliphatic heterocycles. The Morgan fingerprint density at radius 1 is 1.56 bits per heavy atom. The van der Waals surface area contributed by atoms with Crippen LogP contribution in [0.4, 0.5) is 11.5 Å². The van der Waals surface area contributed by atoms with Gasteiger partial charge in [0, 0.05) is 11.4 Å². The molecular formula is C10H7N5O2S. The van der Waals surface area contributed by atoms with Crippen molar-refractivity contribution in [3.63, 3.8) is 0 Å². The second kappa shape index (κ2) is 5.20. The minimum atomic E-state index is -0.585. The van der Waals surface area contributed by atoms with E-state index in [1.165, 1.54) is 17.4 Å². The minimum absolute atomic E-state index is 0.138. The molecule has 2 aromatic heterocycles. The predicted octanol–water partition coefficient (Wildman–Crippen LogP) is 1.93. The predicted molar refractivity (Wildman–Crippen MR) is 65.0 cm³/mol. The normalized spacial score (nSPS) is 9.72. The molecule has 0 aliphatic carbocycles. The van der Waals surface area contributed by atoms with Crippen molar-refractivity contribution in [2.45, 2.75) is 6.54 Å². The third kappa shape index (κ3) is 2.58. The number of pyridine rings is 1. The van der Waals surface area contributed by atoms with Crippen LogP contribution in [0.25, 0.3) is 0 Å². The average Bonchev–Trinajstić information content (AvgIpc) is 2.89. The van der Waals surface area contributed by atoms with Crippen molar-refractivity contribution in [3.05, 3.63) is 44.5 Å². The molecule has 0 aliphatic rings. The van der Waals surface area contributed by atoms with Crippen molar-refractivity contribution < 1.29 is 4.92 Å². The Labute approximate surface area is 106 Å². The van der Waals surface area contributed by atoms with Crippen molar-refractivity contribution in [1.29, 1.82) is 5.26 Å². The summed E-state index contributed by atoms with van der Waals surface area (Å²) < 4.78 is 0. The number of nitro groups is 1. The van der Waals surface area contributed by atoms with Crippen LogP contribution in [-0.4, -0.2) is 14.9 Å². The van der Waals surface area contributed by atoms with Gasteiger partial charge in [-0.3, -0.25) is 10.1 Å². The van der Waals surface area contributed by atoms with Gasteiger partial charge in [0.05, 0.1) is 22.7 Å². The first-order chi connectivity index (χ1) is 8.70. The lowest BCUT2D eigenvalue weighted by Crippen LogP contribution is -2.04. The Morgan fingerprint density at radius 3 is 3.00 bits per heavy atom. The fourth-order valence-corrected chi connectivity index (χ4v) is 1.84. The Hall–Kier alpha value is -2.53. The largest absolute Gasteiger partial charge is 0.363 e. The molecule has 0 bridgehead atoms. The molecule has 1 N–H and O–H groups in total. The molecule has 2 rings (SSSR count). The molecule has 7 nitrogen and oxygen atoms in total. The maximum atomic E-state index is 10.6. The number of nitrogens with zero attached hydrogens (tertiary/aromatic N) is 4. The van der Waals surface area contributed by atoms with E-state index >= 15 is 0 Å². The number of hydrogen-bond donors (Lipinski definition) is 1. The fraction of sp³-hybridized carbons (Fsp3) is 0.100. The van der Waals surface area contributed by atoms with E-state index in [2.05, 4.69) is 15.3 Å². The Morgan fingerprint density at radius 2 is 2.39 bits per heavy atom. The van der Waals surface area contributed by atoms with E-state index in [0.717, 1.165) is 11.9 Å². The van der Waals surface area contributed by atoms with E-state index in [0.29, 0.717) is 12.4 Å². The molecule has 0 spiro atoms. The van der Waals surface area contributed by atoms with Gasteiger partial charge >= 0.3 is 0 Å². The average molecular weight is 261 g/mol. The van der Waals surface area contributed by atoms with Gasteiger partial charge in [0.15, 0.2) is 0 Å². The number of thiazole rings is 1. The Kier molecular flexibility index (Phi) is 3.45. The first kappa shape index (κ1) is 11.9. The van der Waals surface area contributed by atoms with E-state index < -0.39 is 4.92 Å². The quantitative estimate of drug-likeness (QED) is 0.666. The summed E-state index contributed by atoms with van der Waals surface area (Å²) >= 11 is 1.47. The second-order valence-corrected chi connectivity index (χ2v) is 4.01. The highest BCUT2D eigenvalue weighted by atomic mass is 32.1. The number of nitriles is 1. The third-order valence-electron chi connectivity index (χ3n) is 2.12. The van der Waals surface area contributed by atoms with Crippen molar-refractivity contribution in [3.8, 4) is 6.07 Å². The number of anilines is 1. The van der Waals surface area contributed by atoms with Crippen LogP contribution in [0.3, 0.4) is 0 Å². The molecule has 8 heteroatoms. The maximum absolute atomic E-state index is 10.6. The molecule has 0 aromatic carbocycles. The van der Waals surface area contributed by atoms with Crippen LogP contribution < -0.4 is 5.32 Å². The summed E-state index contributed by atoms with van der Waals surface area (Å²) in [6.45, 7) is 0.420. The summed E-state index contributed by atoms with van der Waals surface area (Å²) in [5, 5.41) is 24.3. The number of nitrogens with one attached hydrogen (secondary N) is 1. The molecule has 0 unspecified atom stereocenters. The molecule has 0 fully saturated rings. The zero-order valence-electron chi connectivity index (χ0n) is 9.03. The second-order valence-electron chi connectivity index (χ2n) is 3.29. The fourth-order valence-electron chi connectivity index (χ4n) is 1.28. The van der Waals surface area contributed by atoms with E-state index in [4.69, 9.17) is 5.26 Å². The molecule has 0 saturated carbocycles.